The number of amides is 1. The molecule has 5 N–H and O–H groups in total. The predicted molar refractivity (Wildman–Crippen MR) is 84.2 cm³/mol. The van der Waals surface area contributed by atoms with Crippen LogP contribution in [0.1, 0.15) is 12.2 Å². The van der Waals surface area contributed by atoms with Crippen molar-refractivity contribution in [1.29, 1.82) is 0 Å². The number of primary sulfonamides is 1. The van der Waals surface area contributed by atoms with Gasteiger partial charge in [0.25, 0.3) is 0 Å². The molecule has 2 aromatic rings. The molecule has 0 bridgehead atoms. The van der Waals surface area contributed by atoms with Crippen LogP contribution in [-0.2, 0) is 26.2 Å². The Morgan fingerprint density at radius 1 is 1.24 bits per heavy atom. The molecular weight excluding hydrogens is 350 g/mol. The highest BCUT2D eigenvalue weighted by molar-refractivity contribution is 7.89. The average molecular weight is 367 g/mol. The molecule has 0 aliphatic heterocycles. The van der Waals surface area contributed by atoms with Crippen molar-refractivity contribution in [2.45, 2.75) is 23.9 Å². The van der Waals surface area contributed by atoms with Crippen molar-refractivity contribution in [3.05, 3.63) is 48.4 Å². The average Bonchev–Trinajstić information content (AvgIpc) is 3.04. The molecule has 1 atom stereocenters. The number of hydrogen-bond acceptors (Lipinski definition) is 6. The van der Waals surface area contributed by atoms with Crippen LogP contribution >= 0.6 is 0 Å². The molecule has 1 heterocycles. The minimum absolute atomic E-state index is 0.0927. The van der Waals surface area contributed by atoms with E-state index in [0.717, 1.165) is 0 Å². The number of hydrogen-bond donors (Lipinski definition) is 3. The molecule has 1 aromatic heterocycles. The Bertz CT molecular complexity index is 831. The van der Waals surface area contributed by atoms with E-state index in [1.807, 2.05) is 0 Å². The Kier molecular flexibility index (Phi) is 5.91. The number of furan rings is 1. The SMILES string of the molecule is NS(=O)(=O)c1ccc(NC(=O)C[C@H]([NH2+]Cc2ccco2)C(=O)[O-])cc1. The third-order valence-corrected chi connectivity index (χ3v) is 4.29. The van der Waals surface area contributed by atoms with Crippen LogP contribution in [0.15, 0.2) is 52.0 Å². The smallest absolute Gasteiger partial charge is 0.238 e. The summed E-state index contributed by atoms with van der Waals surface area (Å²) in [5.41, 5.74) is 0.320. The van der Waals surface area contributed by atoms with Gasteiger partial charge < -0.3 is 25.0 Å². The highest BCUT2D eigenvalue weighted by atomic mass is 32.2. The fourth-order valence-electron chi connectivity index (χ4n) is 2.09. The third kappa shape index (κ3) is 5.71. The van der Waals surface area contributed by atoms with Gasteiger partial charge in [0.15, 0.2) is 5.76 Å². The van der Waals surface area contributed by atoms with Crippen LogP contribution in [-0.4, -0.2) is 26.3 Å². The van der Waals surface area contributed by atoms with Gasteiger partial charge in [0.2, 0.25) is 15.9 Å². The van der Waals surface area contributed by atoms with Crippen molar-refractivity contribution in [3.8, 4) is 0 Å². The van der Waals surface area contributed by atoms with Crippen molar-refractivity contribution in [2.24, 2.45) is 5.14 Å². The van der Waals surface area contributed by atoms with Crippen molar-refractivity contribution < 1.29 is 32.8 Å². The van der Waals surface area contributed by atoms with E-state index in [2.05, 4.69) is 5.32 Å². The number of rotatable bonds is 8. The first-order valence-electron chi connectivity index (χ1n) is 7.25. The summed E-state index contributed by atoms with van der Waals surface area (Å²) in [5, 5.41) is 20.1. The molecule has 25 heavy (non-hydrogen) atoms. The number of nitrogens with one attached hydrogen (secondary N) is 1. The van der Waals surface area contributed by atoms with E-state index in [1.54, 1.807) is 12.1 Å². The molecule has 1 amide bonds. The number of quaternary nitrogens is 1. The molecule has 0 aliphatic rings. The Balaban J connectivity index is 1.93. The van der Waals surface area contributed by atoms with Gasteiger partial charge in [-0.3, -0.25) is 4.79 Å². The van der Waals surface area contributed by atoms with Gasteiger partial charge in [0, 0.05) is 5.69 Å². The van der Waals surface area contributed by atoms with Crippen molar-refractivity contribution in [2.75, 3.05) is 5.32 Å². The van der Waals surface area contributed by atoms with E-state index in [-0.39, 0.29) is 17.9 Å². The first-order valence-corrected chi connectivity index (χ1v) is 8.79. The van der Waals surface area contributed by atoms with Crippen LogP contribution in [0.25, 0.3) is 0 Å². The molecule has 0 radical (unpaired) electrons. The minimum atomic E-state index is -3.82. The number of aliphatic carboxylic acids is 1. The number of carboxylic acids is 1. The Labute approximate surface area is 143 Å². The molecule has 0 saturated carbocycles. The fourth-order valence-corrected chi connectivity index (χ4v) is 2.61. The minimum Gasteiger partial charge on any atom is -0.544 e. The van der Waals surface area contributed by atoms with Crippen molar-refractivity contribution in [3.63, 3.8) is 0 Å². The summed E-state index contributed by atoms with van der Waals surface area (Å²) in [7, 11) is -3.82. The van der Waals surface area contributed by atoms with E-state index in [1.165, 1.54) is 35.8 Å². The molecule has 10 heteroatoms. The Morgan fingerprint density at radius 3 is 2.44 bits per heavy atom. The normalized spacial score (nSPS) is 12.5. The van der Waals surface area contributed by atoms with Gasteiger partial charge in [0.1, 0.15) is 12.6 Å². The van der Waals surface area contributed by atoms with Crippen LogP contribution in [0.2, 0.25) is 0 Å². The van der Waals surface area contributed by atoms with Gasteiger partial charge in [-0.2, -0.15) is 0 Å². The number of benzene rings is 1. The standard InChI is InChI=1S/C15H17N3O6S/c16-25(22,23)12-5-3-10(4-6-12)18-14(19)8-13(15(20)21)17-9-11-2-1-7-24-11/h1-7,13,17H,8-9H2,(H,18,19)(H,20,21)(H2,16,22,23)/t13-/m0/s1. The molecule has 2 rings (SSSR count). The molecule has 9 nitrogen and oxygen atoms in total. The molecular formula is C15H17N3O6S. The quantitative estimate of drug-likeness (QED) is 0.496. The predicted octanol–water partition coefficient (Wildman–Crippen LogP) is -1.86. The lowest BCUT2D eigenvalue weighted by Crippen LogP contribution is -2.92. The van der Waals surface area contributed by atoms with Gasteiger partial charge in [-0.1, -0.05) is 0 Å². The lowest BCUT2D eigenvalue weighted by Gasteiger charge is -2.15. The van der Waals surface area contributed by atoms with Crippen LogP contribution in [0.5, 0.6) is 0 Å². The largest absolute Gasteiger partial charge is 0.544 e. The van der Waals surface area contributed by atoms with Gasteiger partial charge in [-0.05, 0) is 36.4 Å². The third-order valence-electron chi connectivity index (χ3n) is 3.36. The van der Waals surface area contributed by atoms with Gasteiger partial charge in [-0.25, -0.2) is 13.6 Å². The van der Waals surface area contributed by atoms with Crippen LogP contribution in [0.4, 0.5) is 5.69 Å². The molecule has 0 unspecified atom stereocenters. The summed E-state index contributed by atoms with van der Waals surface area (Å²) >= 11 is 0. The van der Waals surface area contributed by atoms with Gasteiger partial charge in [0.05, 0.1) is 23.5 Å². The number of sulfonamides is 1. The highest BCUT2D eigenvalue weighted by Gasteiger charge is 2.19. The summed E-state index contributed by atoms with van der Waals surface area (Å²) < 4.78 is 27.4. The Hall–Kier alpha value is -2.69. The summed E-state index contributed by atoms with van der Waals surface area (Å²) in [6, 6.07) is 7.48. The Morgan fingerprint density at radius 2 is 1.92 bits per heavy atom. The van der Waals surface area contributed by atoms with E-state index < -0.39 is 27.9 Å². The number of anilines is 1. The molecule has 0 aliphatic carbocycles. The zero-order valence-corrected chi connectivity index (χ0v) is 13.9. The van der Waals surface area contributed by atoms with Crippen molar-refractivity contribution in [1.82, 2.24) is 0 Å². The number of carboxylic acid groups (broad SMARTS) is 1. The molecule has 0 saturated heterocycles. The highest BCUT2D eigenvalue weighted by Crippen LogP contribution is 2.13. The summed E-state index contributed by atoms with van der Waals surface area (Å²) in [6.07, 6.45) is 1.15. The number of carbonyl (C=O) groups excluding carboxylic acids is 2. The van der Waals surface area contributed by atoms with Crippen LogP contribution in [0.3, 0.4) is 0 Å². The van der Waals surface area contributed by atoms with Crippen molar-refractivity contribution >= 4 is 27.6 Å². The first-order chi connectivity index (χ1) is 11.8. The van der Waals surface area contributed by atoms with E-state index in [0.29, 0.717) is 11.4 Å². The lowest BCUT2D eigenvalue weighted by atomic mass is 10.2. The topological polar surface area (TPSA) is 159 Å². The summed E-state index contributed by atoms with van der Waals surface area (Å²) in [6.45, 7) is 0.252. The summed E-state index contributed by atoms with van der Waals surface area (Å²) in [4.78, 5) is 23.1. The van der Waals surface area contributed by atoms with E-state index in [4.69, 9.17) is 9.56 Å². The maximum Gasteiger partial charge on any atom is 0.238 e. The van der Waals surface area contributed by atoms with E-state index >= 15 is 0 Å². The number of carbonyl (C=O) groups is 2. The summed E-state index contributed by atoms with van der Waals surface area (Å²) in [5.74, 6) is -1.34. The van der Waals surface area contributed by atoms with Crippen LogP contribution in [0, 0.1) is 0 Å². The van der Waals surface area contributed by atoms with Gasteiger partial charge in [-0.15, -0.1) is 0 Å². The second-order valence-corrected chi connectivity index (χ2v) is 6.83. The maximum atomic E-state index is 12.0. The monoisotopic (exact) mass is 367 g/mol. The molecule has 134 valence electrons. The fraction of sp³-hybridized carbons (Fsp3) is 0.200. The second-order valence-electron chi connectivity index (χ2n) is 5.27. The number of nitrogens with two attached hydrogens (primary N) is 2. The van der Waals surface area contributed by atoms with Gasteiger partial charge >= 0.3 is 0 Å². The molecule has 1 aromatic carbocycles. The van der Waals surface area contributed by atoms with Crippen LogP contribution < -0.4 is 20.9 Å². The second kappa shape index (κ2) is 7.92. The first kappa shape index (κ1) is 18.6. The zero-order chi connectivity index (χ0) is 18.4. The lowest BCUT2D eigenvalue weighted by molar-refractivity contribution is -0.698. The van der Waals surface area contributed by atoms with E-state index in [9.17, 15) is 23.1 Å². The maximum absolute atomic E-state index is 12.0. The molecule has 0 fully saturated rings. The molecule has 0 spiro atoms. The zero-order valence-electron chi connectivity index (χ0n) is 13.0.